The highest BCUT2D eigenvalue weighted by Crippen LogP contribution is 2.36. The molecule has 164 valence electrons. The third-order valence-corrected chi connectivity index (χ3v) is 6.81. The predicted octanol–water partition coefficient (Wildman–Crippen LogP) is 4.00. The summed E-state index contributed by atoms with van der Waals surface area (Å²) in [5.74, 6) is 0.276. The molecule has 1 N–H and O–H groups in total. The van der Waals surface area contributed by atoms with E-state index in [1.165, 1.54) is 0 Å². The van der Waals surface area contributed by atoms with Crippen LogP contribution in [0.25, 0.3) is 21.7 Å². The number of nitrogens with one attached hydrogen (secondary N) is 1. The molecule has 5 rings (SSSR count). The molecule has 1 aliphatic carbocycles. The Kier molecular flexibility index (Phi) is 5.25. The molecule has 0 aliphatic heterocycles. The van der Waals surface area contributed by atoms with Gasteiger partial charge in [-0.1, -0.05) is 36.4 Å². The van der Waals surface area contributed by atoms with Gasteiger partial charge >= 0.3 is 0 Å². The van der Waals surface area contributed by atoms with E-state index in [0.29, 0.717) is 17.6 Å². The number of aromatic nitrogens is 4. The van der Waals surface area contributed by atoms with Gasteiger partial charge in [0.25, 0.3) is 11.5 Å². The van der Waals surface area contributed by atoms with E-state index in [1.807, 2.05) is 67.4 Å². The summed E-state index contributed by atoms with van der Waals surface area (Å²) >= 11 is 0. The first-order valence-electron chi connectivity index (χ1n) is 11.3. The van der Waals surface area contributed by atoms with Gasteiger partial charge in [-0.3, -0.25) is 14.3 Å². The maximum absolute atomic E-state index is 13.5. The van der Waals surface area contributed by atoms with Crippen LogP contribution < -0.4 is 5.56 Å². The third kappa shape index (κ3) is 3.38. The summed E-state index contributed by atoms with van der Waals surface area (Å²) in [6, 6.07) is 15.7. The van der Waals surface area contributed by atoms with Crippen molar-refractivity contribution in [3.63, 3.8) is 0 Å². The van der Waals surface area contributed by atoms with Crippen molar-refractivity contribution in [3.05, 3.63) is 70.3 Å². The SMILES string of the molecule is CCN(C(=O)c1nn(C)c2ccccc12)C1CCC(c2n[nH]c(=O)c3ccccc23)CC1. The van der Waals surface area contributed by atoms with Crippen molar-refractivity contribution in [3.8, 4) is 0 Å². The molecule has 0 spiro atoms. The summed E-state index contributed by atoms with van der Waals surface area (Å²) in [7, 11) is 1.88. The zero-order valence-corrected chi connectivity index (χ0v) is 18.4. The molecule has 2 aromatic carbocycles. The second-order valence-electron chi connectivity index (χ2n) is 8.57. The number of aryl methyl sites for hydroxylation is 1. The van der Waals surface area contributed by atoms with Crippen LogP contribution in [0.1, 0.15) is 54.7 Å². The lowest BCUT2D eigenvalue weighted by Crippen LogP contribution is -2.42. The van der Waals surface area contributed by atoms with E-state index in [4.69, 9.17) is 0 Å². The predicted molar refractivity (Wildman–Crippen MR) is 125 cm³/mol. The highest BCUT2D eigenvalue weighted by atomic mass is 16.2. The van der Waals surface area contributed by atoms with Gasteiger partial charge in [0.05, 0.1) is 16.6 Å². The Hall–Kier alpha value is -3.48. The number of aromatic amines is 1. The second kappa shape index (κ2) is 8.22. The summed E-state index contributed by atoms with van der Waals surface area (Å²) in [5.41, 5.74) is 2.30. The van der Waals surface area contributed by atoms with Crippen LogP contribution in [-0.2, 0) is 7.05 Å². The van der Waals surface area contributed by atoms with Crippen LogP contribution in [0.3, 0.4) is 0 Å². The number of carbonyl (C=O) groups is 1. The molecule has 1 aliphatic rings. The number of hydrogen-bond donors (Lipinski definition) is 1. The van der Waals surface area contributed by atoms with E-state index >= 15 is 0 Å². The Labute approximate surface area is 186 Å². The van der Waals surface area contributed by atoms with Gasteiger partial charge in [-0.25, -0.2) is 5.10 Å². The maximum Gasteiger partial charge on any atom is 0.275 e. The number of H-pyrrole nitrogens is 1. The Balaban J connectivity index is 1.37. The average Bonchev–Trinajstić information content (AvgIpc) is 3.17. The van der Waals surface area contributed by atoms with Crippen LogP contribution in [0.5, 0.6) is 0 Å². The van der Waals surface area contributed by atoms with Crippen molar-refractivity contribution in [1.29, 1.82) is 0 Å². The molecule has 2 heterocycles. The summed E-state index contributed by atoms with van der Waals surface area (Å²) in [6.45, 7) is 2.69. The van der Waals surface area contributed by atoms with Crippen molar-refractivity contribution in [1.82, 2.24) is 24.9 Å². The van der Waals surface area contributed by atoms with Gasteiger partial charge in [-0.15, -0.1) is 0 Å². The number of carbonyl (C=O) groups excluding carboxylic acids is 1. The smallest absolute Gasteiger partial charge is 0.275 e. The van der Waals surface area contributed by atoms with Crippen LogP contribution in [-0.4, -0.2) is 43.4 Å². The fourth-order valence-corrected chi connectivity index (χ4v) is 5.18. The highest BCUT2D eigenvalue weighted by molar-refractivity contribution is 6.05. The normalized spacial score (nSPS) is 18.8. The van der Waals surface area contributed by atoms with Crippen molar-refractivity contribution >= 4 is 27.6 Å². The van der Waals surface area contributed by atoms with E-state index in [-0.39, 0.29) is 23.4 Å². The maximum atomic E-state index is 13.5. The number of fused-ring (bicyclic) bond motifs is 2. The third-order valence-electron chi connectivity index (χ3n) is 6.81. The number of amides is 1. The largest absolute Gasteiger partial charge is 0.335 e. The van der Waals surface area contributed by atoms with E-state index in [1.54, 1.807) is 4.68 Å². The van der Waals surface area contributed by atoms with Gasteiger partial charge in [0.15, 0.2) is 5.69 Å². The molecule has 0 radical (unpaired) electrons. The number of nitrogens with zero attached hydrogens (tertiary/aromatic N) is 4. The molecule has 4 aromatic rings. The van der Waals surface area contributed by atoms with Gasteiger partial charge in [0.1, 0.15) is 0 Å². The topological polar surface area (TPSA) is 83.9 Å². The van der Waals surface area contributed by atoms with E-state index in [0.717, 1.165) is 47.7 Å². The van der Waals surface area contributed by atoms with Gasteiger partial charge in [0, 0.05) is 36.3 Å². The molecule has 0 unspecified atom stereocenters. The van der Waals surface area contributed by atoms with Crippen LogP contribution in [0.2, 0.25) is 0 Å². The molecule has 1 amide bonds. The minimum absolute atomic E-state index is 0.000339. The Morgan fingerprint density at radius 1 is 1.03 bits per heavy atom. The molecule has 1 saturated carbocycles. The Bertz CT molecular complexity index is 1350. The quantitative estimate of drug-likeness (QED) is 0.531. The molecule has 7 nitrogen and oxygen atoms in total. The zero-order valence-electron chi connectivity index (χ0n) is 18.4. The molecule has 1 fully saturated rings. The fourth-order valence-electron chi connectivity index (χ4n) is 5.18. The number of rotatable bonds is 4. The summed E-state index contributed by atoms with van der Waals surface area (Å²) in [6.07, 6.45) is 3.68. The average molecular weight is 430 g/mol. The Morgan fingerprint density at radius 3 is 2.41 bits per heavy atom. The lowest BCUT2D eigenvalue weighted by molar-refractivity contribution is 0.0634. The number of hydrogen-bond acceptors (Lipinski definition) is 4. The standard InChI is InChI=1S/C25H27N5O2/c1-3-30(25(32)23-20-10-6-7-11-21(20)29(2)28-23)17-14-12-16(13-15-17)22-18-8-4-5-9-19(18)24(31)27-26-22/h4-11,16-17H,3,12-15H2,1-2H3,(H,27,31). The minimum atomic E-state index is -0.150. The first kappa shape index (κ1) is 20.4. The Morgan fingerprint density at radius 2 is 1.69 bits per heavy atom. The van der Waals surface area contributed by atoms with Crippen molar-refractivity contribution in [2.24, 2.45) is 7.05 Å². The van der Waals surface area contributed by atoms with Crippen LogP contribution in [0, 0.1) is 0 Å². The number of benzene rings is 2. The molecule has 0 atom stereocenters. The molecule has 0 bridgehead atoms. The van der Waals surface area contributed by atoms with Crippen molar-refractivity contribution in [2.45, 2.75) is 44.6 Å². The second-order valence-corrected chi connectivity index (χ2v) is 8.57. The van der Waals surface area contributed by atoms with Gasteiger partial charge in [-0.05, 0) is 44.7 Å². The van der Waals surface area contributed by atoms with E-state index in [2.05, 4.69) is 15.3 Å². The van der Waals surface area contributed by atoms with Gasteiger partial charge in [0.2, 0.25) is 0 Å². The highest BCUT2D eigenvalue weighted by Gasteiger charge is 2.32. The summed E-state index contributed by atoms with van der Waals surface area (Å²) in [4.78, 5) is 27.6. The lowest BCUT2D eigenvalue weighted by atomic mass is 9.82. The fraction of sp³-hybridized carbons (Fsp3) is 0.360. The summed E-state index contributed by atoms with van der Waals surface area (Å²) in [5, 5.41) is 14.1. The minimum Gasteiger partial charge on any atom is -0.335 e. The molecular formula is C25H27N5O2. The van der Waals surface area contributed by atoms with Gasteiger partial charge in [-0.2, -0.15) is 10.2 Å². The first-order valence-corrected chi connectivity index (χ1v) is 11.3. The molecular weight excluding hydrogens is 402 g/mol. The summed E-state index contributed by atoms with van der Waals surface area (Å²) < 4.78 is 1.78. The zero-order chi connectivity index (χ0) is 22.2. The van der Waals surface area contributed by atoms with Crippen molar-refractivity contribution in [2.75, 3.05) is 6.54 Å². The molecule has 0 saturated heterocycles. The first-order chi connectivity index (χ1) is 15.6. The molecule has 32 heavy (non-hydrogen) atoms. The van der Waals surface area contributed by atoms with Crippen LogP contribution in [0.15, 0.2) is 53.3 Å². The van der Waals surface area contributed by atoms with E-state index in [9.17, 15) is 9.59 Å². The lowest BCUT2D eigenvalue weighted by Gasteiger charge is -2.36. The van der Waals surface area contributed by atoms with Crippen molar-refractivity contribution < 1.29 is 4.79 Å². The van der Waals surface area contributed by atoms with Crippen LogP contribution in [0.4, 0.5) is 0 Å². The van der Waals surface area contributed by atoms with Crippen LogP contribution >= 0.6 is 0 Å². The molecule has 7 heteroatoms. The number of para-hydroxylation sites is 1. The monoisotopic (exact) mass is 429 g/mol. The molecule has 2 aromatic heterocycles. The van der Waals surface area contributed by atoms with Gasteiger partial charge < -0.3 is 4.90 Å². The van der Waals surface area contributed by atoms with E-state index < -0.39 is 0 Å².